The molecule has 2 amide bonds. The van der Waals surface area contributed by atoms with Crippen molar-refractivity contribution in [1.29, 1.82) is 0 Å². The van der Waals surface area contributed by atoms with Crippen LogP contribution < -0.4 is 5.32 Å². The Labute approximate surface area is 191 Å². The number of carbonyl (C=O) groups excluding carboxylic acids is 2. The summed E-state index contributed by atoms with van der Waals surface area (Å²) in [4.78, 5) is 27.7. The number of amides is 2. The predicted molar refractivity (Wildman–Crippen MR) is 131 cm³/mol. The van der Waals surface area contributed by atoms with Gasteiger partial charge in [0.2, 0.25) is 11.8 Å². The molecule has 0 radical (unpaired) electrons. The zero-order valence-electron chi connectivity index (χ0n) is 19.9. The van der Waals surface area contributed by atoms with Gasteiger partial charge in [-0.15, -0.1) is 11.8 Å². The maximum atomic E-state index is 13.2. The van der Waals surface area contributed by atoms with Crippen LogP contribution in [0.4, 0.5) is 0 Å². The van der Waals surface area contributed by atoms with Gasteiger partial charge in [-0.2, -0.15) is 0 Å². The first kappa shape index (κ1) is 25.0. The fourth-order valence-corrected chi connectivity index (χ4v) is 4.40. The molecule has 2 aromatic carbocycles. The molecule has 0 saturated carbocycles. The van der Waals surface area contributed by atoms with Gasteiger partial charge in [-0.3, -0.25) is 9.59 Å². The van der Waals surface area contributed by atoms with E-state index in [1.807, 2.05) is 52.8 Å². The molecular weight excluding hydrogens is 404 g/mol. The van der Waals surface area contributed by atoms with Crippen LogP contribution in [0.2, 0.25) is 0 Å². The maximum Gasteiger partial charge on any atom is 0.242 e. The van der Waals surface area contributed by atoms with Crippen LogP contribution in [0.15, 0.2) is 42.5 Å². The monoisotopic (exact) mass is 440 g/mol. The summed E-state index contributed by atoms with van der Waals surface area (Å²) >= 11 is 1.59. The van der Waals surface area contributed by atoms with Crippen LogP contribution in [0, 0.1) is 20.8 Å². The highest BCUT2D eigenvalue weighted by Crippen LogP contribution is 2.19. The molecule has 1 unspecified atom stereocenters. The lowest BCUT2D eigenvalue weighted by Gasteiger charge is -2.31. The van der Waals surface area contributed by atoms with Crippen LogP contribution in [0.5, 0.6) is 0 Å². The second-order valence-electron chi connectivity index (χ2n) is 9.41. The van der Waals surface area contributed by atoms with E-state index in [4.69, 9.17) is 0 Å². The Bertz CT molecular complexity index is 898. The molecule has 1 atom stereocenters. The molecule has 2 aromatic rings. The highest BCUT2D eigenvalue weighted by Gasteiger charge is 2.28. The van der Waals surface area contributed by atoms with E-state index in [1.54, 1.807) is 16.7 Å². The first-order chi connectivity index (χ1) is 14.4. The fraction of sp³-hybridized carbons (Fsp3) is 0.462. The minimum Gasteiger partial charge on any atom is -0.350 e. The summed E-state index contributed by atoms with van der Waals surface area (Å²) in [6, 6.07) is 14.0. The van der Waals surface area contributed by atoms with Gasteiger partial charge in [-0.05, 0) is 59.6 Å². The van der Waals surface area contributed by atoms with E-state index >= 15 is 0 Å². The molecule has 0 aliphatic rings. The quantitative estimate of drug-likeness (QED) is 0.615. The highest BCUT2D eigenvalue weighted by atomic mass is 32.2. The van der Waals surface area contributed by atoms with Crippen molar-refractivity contribution >= 4 is 23.6 Å². The van der Waals surface area contributed by atoms with Gasteiger partial charge >= 0.3 is 0 Å². The van der Waals surface area contributed by atoms with Gasteiger partial charge in [0.1, 0.15) is 6.04 Å². The molecule has 0 heterocycles. The summed E-state index contributed by atoms with van der Waals surface area (Å²) in [6.45, 7) is 14.3. The maximum absolute atomic E-state index is 13.2. The summed E-state index contributed by atoms with van der Waals surface area (Å²) in [6.07, 6.45) is 0. The molecule has 0 bridgehead atoms. The van der Waals surface area contributed by atoms with Crippen molar-refractivity contribution in [3.63, 3.8) is 0 Å². The molecule has 1 N–H and O–H groups in total. The van der Waals surface area contributed by atoms with Crippen molar-refractivity contribution < 1.29 is 9.59 Å². The van der Waals surface area contributed by atoms with Crippen molar-refractivity contribution in [3.8, 4) is 0 Å². The number of thioether (sulfide) groups is 1. The number of hydrogen-bond acceptors (Lipinski definition) is 3. The van der Waals surface area contributed by atoms with E-state index in [2.05, 4.69) is 43.4 Å². The van der Waals surface area contributed by atoms with Crippen LogP contribution in [0.3, 0.4) is 0 Å². The Morgan fingerprint density at radius 1 is 0.968 bits per heavy atom. The Balaban J connectivity index is 2.11. The minimum absolute atomic E-state index is 0.0209. The number of nitrogens with zero attached hydrogens (tertiary/aromatic N) is 1. The van der Waals surface area contributed by atoms with Gasteiger partial charge in [-0.25, -0.2) is 0 Å². The van der Waals surface area contributed by atoms with Crippen LogP contribution in [-0.4, -0.2) is 34.0 Å². The number of hydrogen-bond donors (Lipinski definition) is 1. The second-order valence-corrected chi connectivity index (χ2v) is 10.4. The zero-order chi connectivity index (χ0) is 23.2. The molecule has 5 heteroatoms. The summed E-state index contributed by atoms with van der Waals surface area (Å²) in [5.41, 5.74) is 5.51. The van der Waals surface area contributed by atoms with Crippen LogP contribution >= 0.6 is 11.8 Å². The predicted octanol–water partition coefficient (Wildman–Crippen LogP) is 5.18. The van der Waals surface area contributed by atoms with Crippen molar-refractivity contribution in [2.24, 2.45) is 0 Å². The van der Waals surface area contributed by atoms with Crippen molar-refractivity contribution in [2.75, 3.05) is 5.75 Å². The molecule has 0 aliphatic carbocycles. The Hall–Kier alpha value is -2.27. The normalized spacial score (nSPS) is 12.4. The average molecular weight is 441 g/mol. The third-order valence-electron chi connectivity index (χ3n) is 4.88. The molecule has 31 heavy (non-hydrogen) atoms. The number of benzene rings is 2. The molecule has 0 aromatic heterocycles. The molecule has 0 saturated heterocycles. The van der Waals surface area contributed by atoms with Gasteiger partial charge in [-0.1, -0.05) is 59.2 Å². The standard InChI is InChI=1S/C26H36N2O2S/c1-18-9-8-10-22(12-18)15-28(21(4)25(30)27-26(5,6)7)24(29)17-31-16-23-13-19(2)11-20(3)14-23/h8-14,21H,15-17H2,1-7H3,(H,27,30). The van der Waals surface area contributed by atoms with Gasteiger partial charge in [0.15, 0.2) is 0 Å². The topological polar surface area (TPSA) is 49.4 Å². The van der Waals surface area contributed by atoms with Gasteiger partial charge in [0, 0.05) is 17.8 Å². The largest absolute Gasteiger partial charge is 0.350 e. The molecule has 0 aliphatic heterocycles. The number of aryl methyl sites for hydroxylation is 3. The number of nitrogens with one attached hydrogen (secondary N) is 1. The van der Waals surface area contributed by atoms with E-state index in [0.29, 0.717) is 12.3 Å². The summed E-state index contributed by atoms with van der Waals surface area (Å²) in [5.74, 6) is 0.960. The van der Waals surface area contributed by atoms with Gasteiger partial charge in [0.05, 0.1) is 5.75 Å². The van der Waals surface area contributed by atoms with E-state index in [1.165, 1.54) is 16.7 Å². The van der Waals surface area contributed by atoms with Crippen molar-refractivity contribution in [2.45, 2.75) is 72.3 Å². The molecule has 2 rings (SSSR count). The van der Waals surface area contributed by atoms with Crippen LogP contribution in [0.25, 0.3) is 0 Å². The zero-order valence-corrected chi connectivity index (χ0v) is 20.7. The van der Waals surface area contributed by atoms with E-state index in [-0.39, 0.29) is 17.4 Å². The van der Waals surface area contributed by atoms with Gasteiger partial charge < -0.3 is 10.2 Å². The molecule has 0 spiro atoms. The lowest BCUT2D eigenvalue weighted by Crippen LogP contribution is -2.52. The Kier molecular flexibility index (Phi) is 8.75. The molecule has 4 nitrogen and oxygen atoms in total. The third-order valence-corrected chi connectivity index (χ3v) is 5.87. The Morgan fingerprint density at radius 3 is 2.16 bits per heavy atom. The highest BCUT2D eigenvalue weighted by molar-refractivity contribution is 7.99. The second kappa shape index (κ2) is 10.9. The van der Waals surface area contributed by atoms with Crippen LogP contribution in [0.1, 0.15) is 55.5 Å². The summed E-state index contributed by atoms with van der Waals surface area (Å²) in [5, 5.41) is 3.01. The lowest BCUT2D eigenvalue weighted by atomic mass is 10.1. The number of rotatable bonds is 8. The smallest absolute Gasteiger partial charge is 0.242 e. The average Bonchev–Trinajstić information content (AvgIpc) is 2.63. The molecule has 0 fully saturated rings. The Morgan fingerprint density at radius 2 is 1.58 bits per heavy atom. The first-order valence-corrected chi connectivity index (χ1v) is 11.9. The van der Waals surface area contributed by atoms with Crippen LogP contribution in [-0.2, 0) is 21.9 Å². The lowest BCUT2D eigenvalue weighted by molar-refractivity contribution is -0.139. The summed E-state index contributed by atoms with van der Waals surface area (Å²) < 4.78 is 0. The van der Waals surface area contributed by atoms with E-state index in [9.17, 15) is 9.59 Å². The first-order valence-electron chi connectivity index (χ1n) is 10.8. The molecule has 168 valence electrons. The molecular formula is C26H36N2O2S. The van der Waals surface area contributed by atoms with E-state index < -0.39 is 6.04 Å². The van der Waals surface area contributed by atoms with Crippen molar-refractivity contribution in [1.82, 2.24) is 10.2 Å². The van der Waals surface area contributed by atoms with Gasteiger partial charge in [0.25, 0.3) is 0 Å². The third kappa shape index (κ3) is 8.41. The SMILES string of the molecule is Cc1cc(C)cc(CSCC(=O)N(Cc2cccc(C)c2)C(C)C(=O)NC(C)(C)C)c1. The summed E-state index contributed by atoms with van der Waals surface area (Å²) in [7, 11) is 0. The number of carbonyl (C=O) groups is 2. The minimum atomic E-state index is -0.547. The van der Waals surface area contributed by atoms with E-state index in [0.717, 1.165) is 16.9 Å². The fourth-order valence-electron chi connectivity index (χ4n) is 3.56. The van der Waals surface area contributed by atoms with Crippen molar-refractivity contribution in [3.05, 3.63) is 70.3 Å².